The number of hydrogen-bond acceptors (Lipinski definition) is 4. The van der Waals surface area contributed by atoms with Crippen molar-refractivity contribution in [3.05, 3.63) is 29.8 Å². The summed E-state index contributed by atoms with van der Waals surface area (Å²) in [5, 5.41) is 21.8. The van der Waals surface area contributed by atoms with E-state index in [1.165, 1.54) is 6.92 Å². The molecule has 0 radical (unpaired) electrons. The van der Waals surface area contributed by atoms with E-state index in [1.54, 1.807) is 29.2 Å². The molecule has 2 rings (SSSR count). The fraction of sp³-hybridized carbons (Fsp3) is 0.500. The van der Waals surface area contributed by atoms with Gasteiger partial charge in [-0.3, -0.25) is 9.59 Å². The van der Waals surface area contributed by atoms with E-state index in [-0.39, 0.29) is 23.5 Å². The Morgan fingerprint density at radius 1 is 1.32 bits per heavy atom. The molecule has 2 amide bonds. The van der Waals surface area contributed by atoms with E-state index in [0.29, 0.717) is 19.5 Å². The number of phenols is 1. The number of aliphatic hydroxyl groups is 1. The van der Waals surface area contributed by atoms with E-state index in [2.05, 4.69) is 5.32 Å². The van der Waals surface area contributed by atoms with Gasteiger partial charge in [-0.2, -0.15) is 0 Å². The molecule has 1 aliphatic heterocycles. The van der Waals surface area contributed by atoms with Gasteiger partial charge in [0, 0.05) is 32.4 Å². The van der Waals surface area contributed by atoms with E-state index in [1.807, 2.05) is 6.92 Å². The minimum atomic E-state index is -0.667. The fourth-order valence-electron chi connectivity index (χ4n) is 2.66. The second-order valence-electron chi connectivity index (χ2n) is 5.91. The summed E-state index contributed by atoms with van der Waals surface area (Å²) >= 11 is 0. The second kappa shape index (κ2) is 6.79. The molecule has 1 heterocycles. The average molecular weight is 306 g/mol. The van der Waals surface area contributed by atoms with Crippen LogP contribution in [-0.4, -0.2) is 52.2 Å². The van der Waals surface area contributed by atoms with Gasteiger partial charge in [-0.25, -0.2) is 0 Å². The molecule has 0 aliphatic carbocycles. The normalized spacial score (nSPS) is 22.4. The number of rotatable bonds is 4. The number of aromatic hydroxyl groups is 1. The van der Waals surface area contributed by atoms with Crippen LogP contribution in [0, 0.1) is 5.92 Å². The van der Waals surface area contributed by atoms with Gasteiger partial charge < -0.3 is 20.4 Å². The Hall–Kier alpha value is -2.08. The molecule has 3 atom stereocenters. The lowest BCUT2D eigenvalue weighted by Crippen LogP contribution is -2.48. The summed E-state index contributed by atoms with van der Waals surface area (Å²) in [7, 11) is 0. The molecular formula is C16H22N2O4. The highest BCUT2D eigenvalue weighted by molar-refractivity contribution is 5.87. The number of hydrogen-bond donors (Lipinski definition) is 3. The number of nitrogens with one attached hydrogen (secondary N) is 1. The number of amides is 2. The van der Waals surface area contributed by atoms with E-state index in [4.69, 9.17) is 0 Å². The van der Waals surface area contributed by atoms with Crippen LogP contribution >= 0.6 is 0 Å². The number of carbonyl (C=O) groups is 2. The minimum absolute atomic E-state index is 0.0376. The highest BCUT2D eigenvalue weighted by Crippen LogP contribution is 2.18. The van der Waals surface area contributed by atoms with Crippen molar-refractivity contribution in [1.82, 2.24) is 10.2 Å². The first-order valence-corrected chi connectivity index (χ1v) is 7.38. The lowest BCUT2D eigenvalue weighted by atomic mass is 10.0. The molecule has 6 heteroatoms. The van der Waals surface area contributed by atoms with Crippen molar-refractivity contribution in [2.45, 2.75) is 32.4 Å². The SMILES string of the molecule is CC(=O)N[C@@H](Cc1ccc(O)cc1)C(=O)N1CC(C)C(O)C1. The van der Waals surface area contributed by atoms with Gasteiger partial charge in [-0.05, 0) is 17.7 Å². The topological polar surface area (TPSA) is 89.9 Å². The van der Waals surface area contributed by atoms with Gasteiger partial charge in [-0.1, -0.05) is 19.1 Å². The lowest BCUT2D eigenvalue weighted by Gasteiger charge is -2.24. The molecule has 22 heavy (non-hydrogen) atoms. The number of carbonyl (C=O) groups excluding carboxylic acids is 2. The van der Waals surface area contributed by atoms with Gasteiger partial charge in [0.25, 0.3) is 0 Å². The maximum Gasteiger partial charge on any atom is 0.245 e. The van der Waals surface area contributed by atoms with Crippen LogP contribution in [0.25, 0.3) is 0 Å². The third-order valence-corrected chi connectivity index (χ3v) is 3.94. The maximum absolute atomic E-state index is 12.6. The molecule has 0 bridgehead atoms. The second-order valence-corrected chi connectivity index (χ2v) is 5.91. The van der Waals surface area contributed by atoms with E-state index < -0.39 is 12.1 Å². The number of nitrogens with zero attached hydrogens (tertiary/aromatic N) is 1. The van der Waals surface area contributed by atoms with E-state index in [9.17, 15) is 19.8 Å². The number of β-amino-alcohol motifs (C(OH)–C–C–N with tert-alkyl or cyclic N) is 1. The average Bonchev–Trinajstić information content (AvgIpc) is 2.79. The summed E-state index contributed by atoms with van der Waals surface area (Å²) in [6.07, 6.45) is -0.171. The molecule has 1 aromatic carbocycles. The van der Waals surface area contributed by atoms with Gasteiger partial charge in [0.05, 0.1) is 6.10 Å². The standard InChI is InChI=1S/C16H22N2O4/c1-10-8-18(9-15(10)21)16(22)14(17-11(2)19)7-12-3-5-13(20)6-4-12/h3-6,10,14-15,20-21H,7-9H2,1-2H3,(H,17,19)/t10?,14-,15?/m0/s1. The summed E-state index contributed by atoms with van der Waals surface area (Å²) in [5.41, 5.74) is 0.845. The van der Waals surface area contributed by atoms with Crippen molar-refractivity contribution in [2.75, 3.05) is 13.1 Å². The molecule has 1 aliphatic rings. The van der Waals surface area contributed by atoms with Gasteiger partial charge in [0.15, 0.2) is 0 Å². The predicted molar refractivity (Wildman–Crippen MR) is 81.2 cm³/mol. The lowest BCUT2D eigenvalue weighted by molar-refractivity contribution is -0.135. The van der Waals surface area contributed by atoms with Gasteiger partial charge >= 0.3 is 0 Å². The van der Waals surface area contributed by atoms with Crippen molar-refractivity contribution in [2.24, 2.45) is 5.92 Å². The van der Waals surface area contributed by atoms with Gasteiger partial charge in [0.1, 0.15) is 11.8 Å². The Bertz CT molecular complexity index is 534. The molecule has 0 spiro atoms. The van der Waals surface area contributed by atoms with E-state index in [0.717, 1.165) is 5.56 Å². The molecule has 0 saturated carbocycles. The fourth-order valence-corrected chi connectivity index (χ4v) is 2.66. The third kappa shape index (κ3) is 3.98. The van der Waals surface area contributed by atoms with Crippen LogP contribution in [0.5, 0.6) is 5.75 Å². The molecule has 1 saturated heterocycles. The van der Waals surface area contributed by atoms with Crippen molar-refractivity contribution in [3.8, 4) is 5.75 Å². The number of benzene rings is 1. The molecule has 120 valence electrons. The summed E-state index contributed by atoms with van der Waals surface area (Å²) < 4.78 is 0. The highest BCUT2D eigenvalue weighted by atomic mass is 16.3. The van der Waals surface area contributed by atoms with Crippen LogP contribution in [0.3, 0.4) is 0 Å². The Morgan fingerprint density at radius 2 is 1.95 bits per heavy atom. The molecule has 6 nitrogen and oxygen atoms in total. The van der Waals surface area contributed by atoms with Crippen LogP contribution in [0.4, 0.5) is 0 Å². The zero-order valence-corrected chi connectivity index (χ0v) is 12.8. The van der Waals surface area contributed by atoms with Crippen molar-refractivity contribution >= 4 is 11.8 Å². The van der Waals surface area contributed by atoms with Crippen molar-refractivity contribution in [3.63, 3.8) is 0 Å². The summed E-state index contributed by atoms with van der Waals surface area (Å²) in [6.45, 7) is 4.06. The predicted octanol–water partition coefficient (Wildman–Crippen LogP) is 0.279. The Balaban J connectivity index is 2.10. The van der Waals surface area contributed by atoms with Gasteiger partial charge in [-0.15, -0.1) is 0 Å². The van der Waals surface area contributed by atoms with E-state index >= 15 is 0 Å². The number of likely N-dealkylation sites (tertiary alicyclic amines) is 1. The Labute approximate surface area is 129 Å². The monoisotopic (exact) mass is 306 g/mol. The zero-order valence-electron chi connectivity index (χ0n) is 12.8. The third-order valence-electron chi connectivity index (χ3n) is 3.94. The Morgan fingerprint density at radius 3 is 2.45 bits per heavy atom. The van der Waals surface area contributed by atoms with Crippen LogP contribution in [0.15, 0.2) is 24.3 Å². The molecular weight excluding hydrogens is 284 g/mol. The summed E-state index contributed by atoms with van der Waals surface area (Å²) in [4.78, 5) is 25.6. The molecule has 3 N–H and O–H groups in total. The largest absolute Gasteiger partial charge is 0.508 e. The summed E-state index contributed by atoms with van der Waals surface area (Å²) in [6, 6.07) is 5.87. The molecule has 0 aromatic heterocycles. The maximum atomic E-state index is 12.6. The molecule has 1 aromatic rings. The van der Waals surface area contributed by atoms with Crippen LogP contribution in [0.1, 0.15) is 19.4 Å². The van der Waals surface area contributed by atoms with Crippen LogP contribution < -0.4 is 5.32 Å². The van der Waals surface area contributed by atoms with Crippen molar-refractivity contribution in [1.29, 1.82) is 0 Å². The first-order valence-electron chi connectivity index (χ1n) is 7.38. The molecule has 2 unspecified atom stereocenters. The van der Waals surface area contributed by atoms with Crippen LogP contribution in [0.2, 0.25) is 0 Å². The highest BCUT2D eigenvalue weighted by Gasteiger charge is 2.34. The quantitative estimate of drug-likeness (QED) is 0.745. The number of phenolic OH excluding ortho intramolecular Hbond substituents is 1. The van der Waals surface area contributed by atoms with Crippen LogP contribution in [-0.2, 0) is 16.0 Å². The Kier molecular flexibility index (Phi) is 5.03. The van der Waals surface area contributed by atoms with Crippen molar-refractivity contribution < 1.29 is 19.8 Å². The number of aliphatic hydroxyl groups excluding tert-OH is 1. The van der Waals surface area contributed by atoms with Gasteiger partial charge in [0.2, 0.25) is 11.8 Å². The first-order chi connectivity index (χ1) is 10.4. The molecule has 1 fully saturated rings. The zero-order chi connectivity index (χ0) is 16.3. The first kappa shape index (κ1) is 16.3. The summed E-state index contributed by atoms with van der Waals surface area (Å²) in [5.74, 6) is -0.269. The smallest absolute Gasteiger partial charge is 0.245 e. The minimum Gasteiger partial charge on any atom is -0.508 e.